The summed E-state index contributed by atoms with van der Waals surface area (Å²) in [6.07, 6.45) is -4.39. The van der Waals surface area contributed by atoms with Gasteiger partial charge in [0.25, 0.3) is 0 Å². The van der Waals surface area contributed by atoms with Gasteiger partial charge in [-0.2, -0.15) is 22.0 Å². The van der Waals surface area contributed by atoms with E-state index in [9.17, 15) is 31.6 Å². The Hall–Kier alpha value is -3.04. The van der Waals surface area contributed by atoms with Gasteiger partial charge >= 0.3 is 12.1 Å². The molecule has 0 aliphatic rings. The summed E-state index contributed by atoms with van der Waals surface area (Å²) in [4.78, 5) is 0.245. The Bertz CT molecular complexity index is 1270. The van der Waals surface area contributed by atoms with Crippen LogP contribution in [0.15, 0.2) is 77.7 Å². The SMILES string of the molecule is CCCCCOc1ccc(C(=C(CC)c2ccccc2)c2ccc(O)cc2)cc1[S+]([O-])CCCC(F)(F)C(F)(F)F. The van der Waals surface area contributed by atoms with Gasteiger partial charge in [0.05, 0.1) is 6.61 Å². The Morgan fingerprint density at radius 1 is 0.829 bits per heavy atom. The summed E-state index contributed by atoms with van der Waals surface area (Å²) < 4.78 is 84.3. The van der Waals surface area contributed by atoms with E-state index >= 15 is 0 Å². The first-order valence-electron chi connectivity index (χ1n) is 13.7. The van der Waals surface area contributed by atoms with Gasteiger partial charge < -0.3 is 14.4 Å². The molecule has 0 spiro atoms. The van der Waals surface area contributed by atoms with Crippen molar-refractivity contribution in [2.75, 3.05) is 12.4 Å². The van der Waals surface area contributed by atoms with Gasteiger partial charge in [-0.15, -0.1) is 0 Å². The van der Waals surface area contributed by atoms with Gasteiger partial charge in [0.1, 0.15) is 11.5 Å². The molecule has 0 saturated carbocycles. The third-order valence-electron chi connectivity index (χ3n) is 6.65. The number of halogens is 5. The Kier molecular flexibility index (Phi) is 11.7. The molecule has 3 nitrogen and oxygen atoms in total. The van der Waals surface area contributed by atoms with E-state index in [-0.39, 0.29) is 16.4 Å². The van der Waals surface area contributed by atoms with E-state index in [1.807, 2.05) is 50.2 Å². The number of hydrogen-bond acceptors (Lipinski definition) is 3. The van der Waals surface area contributed by atoms with Crippen LogP contribution >= 0.6 is 0 Å². The standard InChI is InChI=1S/C32H35F5O3S/c1-3-5-9-20-40-28-18-15-25(22-29(28)41(39)21-10-19-31(33,34)32(35,36)37)30(24-13-16-26(38)17-14-24)27(4-2)23-11-7-6-8-12-23/h6-8,11-18,22,38H,3-5,9-10,19-21H2,1-2H3. The average Bonchev–Trinajstić information content (AvgIpc) is 2.94. The minimum Gasteiger partial charge on any atom is -0.611 e. The number of phenolic OH excluding ortho intramolecular Hbond substituents is 1. The van der Waals surface area contributed by atoms with E-state index < -0.39 is 36.1 Å². The molecule has 0 radical (unpaired) electrons. The number of benzene rings is 3. The molecule has 3 rings (SSSR count). The second-order valence-corrected chi connectivity index (χ2v) is 11.2. The van der Waals surface area contributed by atoms with Crippen LogP contribution in [-0.2, 0) is 11.2 Å². The molecule has 9 heteroatoms. The molecule has 0 aromatic heterocycles. The van der Waals surface area contributed by atoms with Crippen molar-refractivity contribution in [1.29, 1.82) is 0 Å². The van der Waals surface area contributed by atoms with Crippen molar-refractivity contribution >= 4 is 22.3 Å². The topological polar surface area (TPSA) is 52.5 Å². The van der Waals surface area contributed by atoms with Gasteiger partial charge in [-0.25, -0.2) is 0 Å². The highest BCUT2D eigenvalue weighted by Gasteiger charge is 2.56. The normalized spacial score (nSPS) is 13.6. The monoisotopic (exact) mass is 594 g/mol. The van der Waals surface area contributed by atoms with Gasteiger partial charge in [-0.3, -0.25) is 0 Å². The highest BCUT2D eigenvalue weighted by molar-refractivity contribution is 7.91. The fraction of sp³-hybridized carbons (Fsp3) is 0.375. The van der Waals surface area contributed by atoms with Crippen molar-refractivity contribution in [1.82, 2.24) is 0 Å². The lowest BCUT2D eigenvalue weighted by atomic mass is 9.88. The maximum atomic E-state index is 13.5. The first kappa shape index (κ1) is 32.5. The van der Waals surface area contributed by atoms with E-state index in [4.69, 9.17) is 4.74 Å². The highest BCUT2D eigenvalue weighted by Crippen LogP contribution is 2.40. The van der Waals surface area contributed by atoms with E-state index in [0.717, 1.165) is 41.5 Å². The summed E-state index contributed by atoms with van der Waals surface area (Å²) in [7, 11) is 0. The van der Waals surface area contributed by atoms with Crippen molar-refractivity contribution in [3.8, 4) is 11.5 Å². The Labute approximate surface area is 241 Å². The summed E-state index contributed by atoms with van der Waals surface area (Å²) in [5, 5.41) is 9.89. The predicted molar refractivity (Wildman–Crippen MR) is 154 cm³/mol. The Morgan fingerprint density at radius 2 is 1.49 bits per heavy atom. The number of ether oxygens (including phenoxy) is 1. The number of unbranched alkanes of at least 4 members (excludes halogenated alkanes) is 2. The van der Waals surface area contributed by atoms with Gasteiger partial charge in [-0.1, -0.05) is 75.2 Å². The molecule has 222 valence electrons. The Morgan fingerprint density at radius 3 is 2.10 bits per heavy atom. The predicted octanol–water partition coefficient (Wildman–Crippen LogP) is 9.42. The first-order valence-corrected chi connectivity index (χ1v) is 15.0. The molecular weight excluding hydrogens is 559 g/mol. The largest absolute Gasteiger partial charge is 0.611 e. The van der Waals surface area contributed by atoms with Crippen LogP contribution in [0.1, 0.15) is 69.1 Å². The van der Waals surface area contributed by atoms with Crippen LogP contribution in [0.2, 0.25) is 0 Å². The highest BCUT2D eigenvalue weighted by atomic mass is 32.2. The smallest absolute Gasteiger partial charge is 0.453 e. The molecule has 1 unspecified atom stereocenters. The van der Waals surface area contributed by atoms with E-state index in [1.165, 1.54) is 0 Å². The maximum Gasteiger partial charge on any atom is 0.453 e. The van der Waals surface area contributed by atoms with Crippen LogP contribution in [0, 0.1) is 0 Å². The van der Waals surface area contributed by atoms with Crippen molar-refractivity contribution in [2.24, 2.45) is 0 Å². The molecule has 3 aromatic rings. The lowest BCUT2D eigenvalue weighted by molar-refractivity contribution is -0.284. The molecule has 1 N–H and O–H groups in total. The van der Waals surface area contributed by atoms with Crippen LogP contribution in [0.3, 0.4) is 0 Å². The van der Waals surface area contributed by atoms with Gasteiger partial charge in [0.2, 0.25) is 0 Å². The molecular formula is C32H35F5O3S. The fourth-order valence-electron chi connectivity index (χ4n) is 4.48. The number of aromatic hydroxyl groups is 1. The molecule has 41 heavy (non-hydrogen) atoms. The second-order valence-electron chi connectivity index (χ2n) is 9.69. The number of hydrogen-bond donors (Lipinski definition) is 1. The van der Waals surface area contributed by atoms with Crippen LogP contribution in [-0.4, -0.2) is 34.1 Å². The first-order chi connectivity index (χ1) is 19.5. The molecule has 0 aliphatic carbocycles. The van der Waals surface area contributed by atoms with Crippen LogP contribution in [0.25, 0.3) is 11.1 Å². The Balaban J connectivity index is 2.07. The summed E-state index contributed by atoms with van der Waals surface area (Å²) in [5.41, 5.74) is 4.24. The van der Waals surface area contributed by atoms with Crippen molar-refractivity contribution in [3.63, 3.8) is 0 Å². The van der Waals surface area contributed by atoms with Gasteiger partial charge in [-0.05, 0) is 76.5 Å². The van der Waals surface area contributed by atoms with E-state index in [0.29, 0.717) is 24.3 Å². The molecule has 0 saturated heterocycles. The number of phenols is 1. The van der Waals surface area contributed by atoms with Crippen LogP contribution in [0.4, 0.5) is 22.0 Å². The number of allylic oxidation sites excluding steroid dienone is 1. The van der Waals surface area contributed by atoms with Crippen molar-refractivity contribution < 1.29 is 36.3 Å². The third kappa shape index (κ3) is 8.72. The van der Waals surface area contributed by atoms with E-state index in [2.05, 4.69) is 0 Å². The zero-order valence-electron chi connectivity index (χ0n) is 23.1. The molecule has 0 bridgehead atoms. The average molecular weight is 595 g/mol. The summed E-state index contributed by atoms with van der Waals surface area (Å²) in [6.45, 7) is 4.41. The summed E-state index contributed by atoms with van der Waals surface area (Å²) in [5.74, 6) is -4.82. The minimum atomic E-state index is -5.65. The van der Waals surface area contributed by atoms with Crippen LogP contribution in [0.5, 0.6) is 11.5 Å². The fourth-order valence-corrected chi connectivity index (χ4v) is 5.72. The van der Waals surface area contributed by atoms with Crippen molar-refractivity contribution in [2.45, 2.75) is 69.4 Å². The van der Waals surface area contributed by atoms with Crippen molar-refractivity contribution in [3.05, 3.63) is 89.5 Å². The maximum absolute atomic E-state index is 13.5. The molecule has 0 heterocycles. The lowest BCUT2D eigenvalue weighted by Crippen LogP contribution is -2.36. The quantitative estimate of drug-likeness (QED) is 0.0876. The third-order valence-corrected chi connectivity index (χ3v) is 8.12. The molecule has 0 aliphatic heterocycles. The minimum absolute atomic E-state index is 0.0964. The zero-order chi connectivity index (χ0) is 30.0. The zero-order valence-corrected chi connectivity index (χ0v) is 24.0. The lowest BCUT2D eigenvalue weighted by Gasteiger charge is -2.21. The summed E-state index contributed by atoms with van der Waals surface area (Å²) in [6, 6.07) is 21.6. The van der Waals surface area contributed by atoms with Gasteiger partial charge in [0.15, 0.2) is 10.6 Å². The molecule has 0 fully saturated rings. The van der Waals surface area contributed by atoms with Gasteiger partial charge in [0, 0.05) is 12.5 Å². The summed E-state index contributed by atoms with van der Waals surface area (Å²) >= 11 is -1.90. The van der Waals surface area contributed by atoms with E-state index in [1.54, 1.807) is 36.4 Å². The number of alkyl halides is 5. The molecule has 1 atom stereocenters. The molecule has 3 aromatic carbocycles. The van der Waals surface area contributed by atoms with Crippen LogP contribution < -0.4 is 4.74 Å². The second kappa shape index (κ2) is 14.7. The number of rotatable bonds is 14. The molecule has 0 amide bonds.